The molecule has 0 aliphatic carbocycles. The molecule has 0 unspecified atom stereocenters. The molecule has 0 amide bonds. The van der Waals surface area contributed by atoms with Crippen LogP contribution in [0, 0.1) is 0 Å². The van der Waals surface area contributed by atoms with Crippen LogP contribution in [0.5, 0.6) is 23.0 Å². The highest BCUT2D eigenvalue weighted by molar-refractivity contribution is 5.90. The van der Waals surface area contributed by atoms with Crippen LogP contribution >= 0.6 is 0 Å². The minimum atomic E-state index is -2.72. The lowest BCUT2D eigenvalue weighted by Crippen LogP contribution is -2.70. The van der Waals surface area contributed by atoms with E-state index in [2.05, 4.69) is 4.99 Å². The Labute approximate surface area is 259 Å². The molecule has 15 heteroatoms. The highest BCUT2D eigenvalue weighted by atomic mass is 16.7. The van der Waals surface area contributed by atoms with Gasteiger partial charge in [-0.05, 0) is 29.3 Å². The predicted molar refractivity (Wildman–Crippen MR) is 163 cm³/mol. The summed E-state index contributed by atoms with van der Waals surface area (Å²) in [6.07, 6.45) is -5.24. The van der Waals surface area contributed by atoms with Gasteiger partial charge in [-0.25, -0.2) is 4.79 Å². The zero-order chi connectivity index (χ0) is 33.3. The number of aliphatic imine (C=N–C) groups is 1. The maximum Gasteiger partial charge on any atom is 0.335 e. The maximum atomic E-state index is 13.2. The van der Waals surface area contributed by atoms with Gasteiger partial charge in [0.25, 0.3) is 0 Å². The molecule has 2 heterocycles. The molecule has 240 valence electrons. The number of rotatable bonds is 8. The fraction of sp³-hybridized carbons (Fsp3) is 0.194. The monoisotopic (exact) mass is 635 g/mol. The number of aliphatic hydroxyl groups is 3. The summed E-state index contributed by atoms with van der Waals surface area (Å²) in [6.45, 7) is -0.870. The van der Waals surface area contributed by atoms with Gasteiger partial charge in [-0.15, -0.1) is 0 Å². The fourth-order valence-electron chi connectivity index (χ4n) is 4.94. The van der Waals surface area contributed by atoms with E-state index < -0.39 is 76.7 Å². The van der Waals surface area contributed by atoms with Crippen LogP contribution in [-0.2, 0) is 9.53 Å². The van der Waals surface area contributed by atoms with Gasteiger partial charge in [-0.2, -0.15) is 0 Å². The van der Waals surface area contributed by atoms with E-state index >= 15 is 0 Å². The molecule has 1 fully saturated rings. The average molecular weight is 636 g/mol. The van der Waals surface area contributed by atoms with Gasteiger partial charge >= 0.3 is 5.97 Å². The largest absolute Gasteiger partial charge is 0.508 e. The van der Waals surface area contributed by atoms with Crippen LogP contribution in [0.3, 0.4) is 0 Å². The second-order valence-electron chi connectivity index (χ2n) is 10.4. The van der Waals surface area contributed by atoms with E-state index in [0.29, 0.717) is 11.1 Å². The molecule has 11 N–H and O–H groups in total. The van der Waals surface area contributed by atoms with E-state index in [0.717, 1.165) is 17.7 Å². The van der Waals surface area contributed by atoms with E-state index in [9.17, 15) is 45.3 Å². The lowest BCUT2D eigenvalue weighted by Gasteiger charge is -2.45. The molecule has 3 aromatic carbocycles. The van der Waals surface area contributed by atoms with Gasteiger partial charge in [0.2, 0.25) is 12.0 Å². The second-order valence-corrected chi connectivity index (χ2v) is 10.4. The molecule has 15 nitrogen and oxygen atoms in total. The molecule has 0 spiro atoms. The summed E-state index contributed by atoms with van der Waals surface area (Å²) >= 11 is 0. The number of nitrogens with two attached hydrogens (primary N) is 2. The fourth-order valence-corrected chi connectivity index (χ4v) is 4.94. The molecule has 46 heavy (non-hydrogen) atoms. The van der Waals surface area contributed by atoms with Gasteiger partial charge in [0.15, 0.2) is 29.0 Å². The standard InChI is InChI=1S/C31H29N3O12/c32-30(33)34-13-31(43)26(39)25(28(41)42)46-29(27(31)40)45-21-12-20-22(24(38)23(21)37)18(36)11-19(44-20)17-9-8-16(35)10-15(17)7-6-14-4-2-1-3-5-14/h1-12,25-27,29,35,37-40,43H,13H2,(H,41,42)(H4,32,33,34)/t25-,26+,27-,29-,31-/m0/s1. The van der Waals surface area contributed by atoms with Gasteiger partial charge in [0.05, 0.1) is 6.54 Å². The van der Waals surface area contributed by atoms with E-state index in [1.54, 1.807) is 12.2 Å². The first-order chi connectivity index (χ1) is 21.8. The molecule has 0 radical (unpaired) electrons. The first kappa shape index (κ1) is 31.8. The highest BCUT2D eigenvalue weighted by Gasteiger charge is 2.58. The summed E-state index contributed by atoms with van der Waals surface area (Å²) in [4.78, 5) is 28.5. The molecular weight excluding hydrogens is 606 g/mol. The van der Waals surface area contributed by atoms with Gasteiger partial charge in [0, 0.05) is 17.7 Å². The zero-order valence-corrected chi connectivity index (χ0v) is 23.7. The van der Waals surface area contributed by atoms with Crippen molar-refractivity contribution in [1.29, 1.82) is 0 Å². The number of phenols is 3. The molecule has 1 saturated heterocycles. The first-order valence-electron chi connectivity index (χ1n) is 13.6. The number of hydrogen-bond donors (Lipinski definition) is 9. The van der Waals surface area contributed by atoms with Crippen molar-refractivity contribution in [2.45, 2.75) is 30.2 Å². The Kier molecular flexibility index (Phi) is 8.58. The van der Waals surface area contributed by atoms with Crippen LogP contribution in [0.15, 0.2) is 74.9 Å². The smallest absolute Gasteiger partial charge is 0.335 e. The van der Waals surface area contributed by atoms with Crippen molar-refractivity contribution in [1.82, 2.24) is 0 Å². The number of benzene rings is 3. The highest BCUT2D eigenvalue weighted by Crippen LogP contribution is 2.43. The number of phenolic OH excluding ortho intramolecular Hbond substituents is 3. The first-order valence-corrected chi connectivity index (χ1v) is 13.6. The van der Waals surface area contributed by atoms with Crippen LogP contribution in [0.2, 0.25) is 0 Å². The Hall–Kier alpha value is -5.61. The van der Waals surface area contributed by atoms with Crippen LogP contribution in [0.1, 0.15) is 11.1 Å². The third-order valence-electron chi connectivity index (χ3n) is 7.34. The number of nitrogens with zero attached hydrogens (tertiary/aromatic N) is 1. The number of carboxylic acid groups (broad SMARTS) is 1. The Morgan fingerprint density at radius 1 is 0.978 bits per heavy atom. The molecule has 0 saturated carbocycles. The van der Waals surface area contributed by atoms with Crippen LogP contribution in [0.25, 0.3) is 34.4 Å². The molecule has 4 aromatic rings. The lowest BCUT2D eigenvalue weighted by molar-refractivity contribution is -0.303. The van der Waals surface area contributed by atoms with Gasteiger partial charge < -0.3 is 61.1 Å². The summed E-state index contributed by atoms with van der Waals surface area (Å²) in [6, 6.07) is 15.6. The number of carboxylic acids is 1. The van der Waals surface area contributed by atoms with Crippen molar-refractivity contribution in [2.24, 2.45) is 16.5 Å². The van der Waals surface area contributed by atoms with Gasteiger partial charge in [0.1, 0.15) is 40.3 Å². The number of fused-ring (bicyclic) bond motifs is 1. The van der Waals surface area contributed by atoms with Gasteiger partial charge in [-0.3, -0.25) is 9.79 Å². The number of hydrogen-bond acceptors (Lipinski definition) is 12. The van der Waals surface area contributed by atoms with Crippen molar-refractivity contribution in [2.75, 3.05) is 6.54 Å². The number of aliphatic hydroxyl groups excluding tert-OH is 2. The number of aromatic hydroxyl groups is 3. The number of guanidine groups is 1. The summed E-state index contributed by atoms with van der Waals surface area (Å²) < 4.78 is 16.6. The average Bonchev–Trinajstić information content (AvgIpc) is 3.01. The Morgan fingerprint density at radius 2 is 1.70 bits per heavy atom. The second kappa shape index (κ2) is 12.4. The Bertz CT molecular complexity index is 1900. The molecule has 1 aromatic heterocycles. The van der Waals surface area contributed by atoms with E-state index in [4.69, 9.17) is 25.4 Å². The quantitative estimate of drug-likeness (QED) is 0.0557. The number of ether oxygens (including phenoxy) is 2. The van der Waals surface area contributed by atoms with Crippen LogP contribution in [-0.4, -0.2) is 84.4 Å². The van der Waals surface area contributed by atoms with Crippen molar-refractivity contribution < 1.29 is 54.4 Å². The summed E-state index contributed by atoms with van der Waals surface area (Å²) in [5, 5.41) is 73.1. The van der Waals surface area contributed by atoms with Crippen molar-refractivity contribution in [3.63, 3.8) is 0 Å². The molecule has 5 atom stereocenters. The minimum Gasteiger partial charge on any atom is -0.508 e. The summed E-state index contributed by atoms with van der Waals surface area (Å²) in [5.74, 6) is -5.00. The van der Waals surface area contributed by atoms with Gasteiger partial charge in [-0.1, -0.05) is 42.5 Å². The molecule has 5 rings (SSSR count). The van der Waals surface area contributed by atoms with Crippen molar-refractivity contribution in [3.8, 4) is 34.3 Å². The lowest BCUT2D eigenvalue weighted by atomic mass is 9.84. The summed E-state index contributed by atoms with van der Waals surface area (Å²) in [5.41, 5.74) is 8.47. The molecular formula is C31H29N3O12. The van der Waals surface area contributed by atoms with E-state index in [-0.39, 0.29) is 17.1 Å². The molecule has 1 aliphatic heterocycles. The van der Waals surface area contributed by atoms with Crippen LogP contribution in [0.4, 0.5) is 0 Å². The van der Waals surface area contributed by atoms with Crippen molar-refractivity contribution in [3.05, 3.63) is 82.0 Å². The SMILES string of the molecule is NC(N)=NC[C@]1(O)[C@H](O)[C@@H](C(=O)O)O[C@H](Oc2cc3oc(-c4ccc(O)cc4C=Cc4ccccc4)cc(=O)c3c(O)c2O)[C@@H]1O. The number of carbonyl (C=O) groups is 1. The van der Waals surface area contributed by atoms with E-state index in [1.165, 1.54) is 18.2 Å². The maximum absolute atomic E-state index is 13.2. The Morgan fingerprint density at radius 3 is 2.37 bits per heavy atom. The zero-order valence-electron chi connectivity index (χ0n) is 23.7. The summed E-state index contributed by atoms with van der Waals surface area (Å²) in [7, 11) is 0. The normalized spacial score (nSPS) is 22.9. The minimum absolute atomic E-state index is 0.00382. The Balaban J connectivity index is 1.57. The molecule has 0 bridgehead atoms. The van der Waals surface area contributed by atoms with Crippen molar-refractivity contribution >= 4 is 35.1 Å². The number of aliphatic carboxylic acids is 1. The third kappa shape index (κ3) is 6.02. The third-order valence-corrected chi connectivity index (χ3v) is 7.34. The predicted octanol–water partition coefficient (Wildman–Crippen LogP) is 0.662. The molecule has 1 aliphatic rings. The van der Waals surface area contributed by atoms with Crippen LogP contribution < -0.4 is 21.6 Å². The topological polar surface area (TPSA) is 272 Å². The van der Waals surface area contributed by atoms with E-state index in [1.807, 2.05) is 30.3 Å².